The van der Waals surface area contributed by atoms with Gasteiger partial charge in [0, 0.05) is 6.07 Å². The molecule has 4 rings (SSSR count). The first-order chi connectivity index (χ1) is 13.1. The Morgan fingerprint density at radius 3 is 2.59 bits per heavy atom. The molecule has 0 aliphatic carbocycles. The molecule has 0 atom stereocenters. The van der Waals surface area contributed by atoms with E-state index in [4.69, 9.17) is 16.1 Å². The number of hydrogen-bond donors (Lipinski definition) is 1. The minimum Gasteiger partial charge on any atom is -0.362 e. The molecule has 0 unspecified atom stereocenters. The summed E-state index contributed by atoms with van der Waals surface area (Å²) in [6, 6.07) is 18.1. The lowest BCUT2D eigenvalue weighted by Crippen LogP contribution is -2.03. The first-order valence-electron chi connectivity index (χ1n) is 8.83. The van der Waals surface area contributed by atoms with E-state index in [1.54, 1.807) is 0 Å². The molecule has 2 aromatic carbocycles. The van der Waals surface area contributed by atoms with Crippen molar-refractivity contribution in [3.8, 4) is 11.1 Å². The van der Waals surface area contributed by atoms with Crippen LogP contribution in [0.25, 0.3) is 22.0 Å². The van der Waals surface area contributed by atoms with Gasteiger partial charge in [-0.1, -0.05) is 61.5 Å². The second-order valence-electron chi connectivity index (χ2n) is 6.63. The number of halogens is 1. The van der Waals surface area contributed by atoms with Gasteiger partial charge in [0.1, 0.15) is 5.82 Å². The van der Waals surface area contributed by atoms with Gasteiger partial charge in [-0.2, -0.15) is 0 Å². The van der Waals surface area contributed by atoms with Crippen LogP contribution in [0.3, 0.4) is 0 Å². The zero-order chi connectivity index (χ0) is 18.8. The lowest BCUT2D eigenvalue weighted by atomic mass is 10.0. The van der Waals surface area contributed by atoms with Gasteiger partial charge in [-0.3, -0.25) is 0 Å². The number of aromatic nitrogens is 3. The van der Waals surface area contributed by atoms with Crippen LogP contribution in [0.2, 0.25) is 5.28 Å². The lowest BCUT2D eigenvalue weighted by molar-refractivity contribution is 0.379. The minimum absolute atomic E-state index is 0.204. The number of fused-ring (bicyclic) bond motifs is 1. The highest BCUT2D eigenvalue weighted by Crippen LogP contribution is 2.33. The van der Waals surface area contributed by atoms with E-state index in [1.165, 1.54) is 0 Å². The van der Waals surface area contributed by atoms with E-state index in [1.807, 2.05) is 36.4 Å². The molecule has 0 radical (unpaired) electrons. The van der Waals surface area contributed by atoms with Crippen molar-refractivity contribution in [2.24, 2.45) is 0 Å². The van der Waals surface area contributed by atoms with Crippen molar-refractivity contribution < 1.29 is 4.52 Å². The number of rotatable bonds is 5. The maximum absolute atomic E-state index is 6.15. The lowest BCUT2D eigenvalue weighted by Gasteiger charge is -2.12. The molecule has 0 aliphatic rings. The van der Waals surface area contributed by atoms with Crippen LogP contribution < -0.4 is 5.32 Å². The summed E-state index contributed by atoms with van der Waals surface area (Å²) in [7, 11) is 0. The maximum atomic E-state index is 6.15. The van der Waals surface area contributed by atoms with Crippen molar-refractivity contribution in [1.29, 1.82) is 0 Å². The third kappa shape index (κ3) is 3.64. The fourth-order valence-corrected chi connectivity index (χ4v) is 3.17. The normalized spacial score (nSPS) is 11.3. The maximum Gasteiger partial charge on any atom is 0.224 e. The van der Waals surface area contributed by atoms with Crippen LogP contribution >= 0.6 is 11.6 Å². The van der Waals surface area contributed by atoms with E-state index < -0.39 is 0 Å². The minimum atomic E-state index is 0.204. The highest BCUT2D eigenvalue weighted by Gasteiger charge is 2.14. The second-order valence-corrected chi connectivity index (χ2v) is 6.97. The van der Waals surface area contributed by atoms with Gasteiger partial charge in [0.15, 0.2) is 5.76 Å². The van der Waals surface area contributed by atoms with Crippen LogP contribution in [-0.2, 0) is 6.54 Å². The fourth-order valence-electron chi connectivity index (χ4n) is 3.00. The second kappa shape index (κ2) is 7.37. The SMILES string of the molecule is CC(C)c1cc(CNc2nc(Cl)nc3cccc(-c4ccccc4)c23)on1. The van der Waals surface area contributed by atoms with Crippen molar-refractivity contribution in [2.45, 2.75) is 26.3 Å². The van der Waals surface area contributed by atoms with Gasteiger partial charge in [0.25, 0.3) is 0 Å². The first-order valence-corrected chi connectivity index (χ1v) is 9.20. The van der Waals surface area contributed by atoms with E-state index in [0.717, 1.165) is 33.5 Å². The number of nitrogens with one attached hydrogen (secondary N) is 1. The summed E-state index contributed by atoms with van der Waals surface area (Å²) in [6.45, 7) is 4.63. The molecule has 0 fully saturated rings. The molecule has 27 heavy (non-hydrogen) atoms. The monoisotopic (exact) mass is 378 g/mol. The number of benzene rings is 2. The zero-order valence-corrected chi connectivity index (χ0v) is 15.9. The Bertz CT molecular complexity index is 1080. The molecule has 136 valence electrons. The Morgan fingerprint density at radius 1 is 1.04 bits per heavy atom. The van der Waals surface area contributed by atoms with Gasteiger partial charge in [-0.05, 0) is 34.7 Å². The van der Waals surface area contributed by atoms with Gasteiger partial charge in [-0.25, -0.2) is 9.97 Å². The molecule has 2 aromatic heterocycles. The van der Waals surface area contributed by atoms with E-state index in [9.17, 15) is 0 Å². The van der Waals surface area contributed by atoms with Gasteiger partial charge < -0.3 is 9.84 Å². The molecular formula is C21H19ClN4O. The average molecular weight is 379 g/mol. The predicted molar refractivity (Wildman–Crippen MR) is 108 cm³/mol. The molecular weight excluding hydrogens is 360 g/mol. The Morgan fingerprint density at radius 2 is 1.85 bits per heavy atom. The summed E-state index contributed by atoms with van der Waals surface area (Å²) in [5.41, 5.74) is 3.87. The van der Waals surface area contributed by atoms with Crippen LogP contribution in [0.15, 0.2) is 59.1 Å². The molecule has 0 saturated carbocycles. The van der Waals surface area contributed by atoms with Crippen LogP contribution in [0.5, 0.6) is 0 Å². The molecule has 6 heteroatoms. The molecule has 0 aliphatic heterocycles. The molecule has 0 spiro atoms. The van der Waals surface area contributed by atoms with Gasteiger partial charge in [0.2, 0.25) is 5.28 Å². The summed E-state index contributed by atoms with van der Waals surface area (Å²) < 4.78 is 5.42. The van der Waals surface area contributed by atoms with E-state index in [2.05, 4.69) is 52.5 Å². The molecule has 1 N–H and O–H groups in total. The first kappa shape index (κ1) is 17.5. The molecule has 4 aromatic rings. The zero-order valence-electron chi connectivity index (χ0n) is 15.1. The van der Waals surface area contributed by atoms with Crippen LogP contribution in [0, 0.1) is 0 Å². The third-order valence-electron chi connectivity index (χ3n) is 4.38. The Balaban J connectivity index is 1.75. The van der Waals surface area contributed by atoms with Crippen molar-refractivity contribution >= 4 is 28.3 Å². The smallest absolute Gasteiger partial charge is 0.224 e. The number of hydrogen-bond acceptors (Lipinski definition) is 5. The third-order valence-corrected chi connectivity index (χ3v) is 4.55. The summed E-state index contributed by atoms with van der Waals surface area (Å²) in [5, 5.41) is 8.57. The van der Waals surface area contributed by atoms with Gasteiger partial charge >= 0.3 is 0 Å². The number of anilines is 1. The number of nitrogens with zero attached hydrogens (tertiary/aromatic N) is 3. The Kier molecular flexibility index (Phi) is 4.77. The highest BCUT2D eigenvalue weighted by atomic mass is 35.5. The van der Waals surface area contributed by atoms with Crippen molar-refractivity contribution in [1.82, 2.24) is 15.1 Å². The Hall–Kier alpha value is -2.92. The van der Waals surface area contributed by atoms with Crippen LogP contribution in [0.1, 0.15) is 31.2 Å². The predicted octanol–water partition coefficient (Wildman–Crippen LogP) is 5.67. The fraction of sp³-hybridized carbons (Fsp3) is 0.190. The standard InChI is InChI=1S/C21H19ClN4O/c1-13(2)18-11-15(27-26-18)12-23-20-19-16(14-7-4-3-5-8-14)9-6-10-17(19)24-21(22)25-20/h3-11,13H,12H2,1-2H3,(H,23,24,25). The van der Waals surface area contributed by atoms with Crippen LogP contribution in [-0.4, -0.2) is 15.1 Å². The summed E-state index contributed by atoms with van der Waals surface area (Å²) >= 11 is 6.15. The van der Waals surface area contributed by atoms with Crippen molar-refractivity contribution in [3.63, 3.8) is 0 Å². The molecule has 0 saturated heterocycles. The van der Waals surface area contributed by atoms with E-state index in [0.29, 0.717) is 18.3 Å². The molecule has 0 bridgehead atoms. The van der Waals surface area contributed by atoms with E-state index >= 15 is 0 Å². The Labute approximate surface area is 162 Å². The topological polar surface area (TPSA) is 63.8 Å². The van der Waals surface area contributed by atoms with E-state index in [-0.39, 0.29) is 5.28 Å². The van der Waals surface area contributed by atoms with Crippen LogP contribution in [0.4, 0.5) is 5.82 Å². The molecule has 0 amide bonds. The van der Waals surface area contributed by atoms with Crippen molar-refractivity contribution in [3.05, 3.63) is 71.3 Å². The highest BCUT2D eigenvalue weighted by molar-refractivity contribution is 6.29. The van der Waals surface area contributed by atoms with Gasteiger partial charge in [0.05, 0.1) is 23.1 Å². The van der Waals surface area contributed by atoms with Crippen molar-refractivity contribution in [2.75, 3.05) is 5.32 Å². The van der Waals surface area contributed by atoms with Gasteiger partial charge in [-0.15, -0.1) is 0 Å². The average Bonchev–Trinajstić information content (AvgIpc) is 3.15. The summed E-state index contributed by atoms with van der Waals surface area (Å²) in [6.07, 6.45) is 0. The molecule has 2 heterocycles. The largest absolute Gasteiger partial charge is 0.362 e. The molecule has 5 nitrogen and oxygen atoms in total. The quantitative estimate of drug-likeness (QED) is 0.453. The summed E-state index contributed by atoms with van der Waals surface area (Å²) in [5.74, 6) is 1.74. The summed E-state index contributed by atoms with van der Waals surface area (Å²) in [4.78, 5) is 8.81.